The van der Waals surface area contributed by atoms with E-state index in [4.69, 9.17) is 17.3 Å². The van der Waals surface area contributed by atoms with Crippen LogP contribution in [0.4, 0.5) is 0 Å². The minimum absolute atomic E-state index is 0.389. The molecule has 0 fully saturated rings. The monoisotopic (exact) mass is 220 g/mol. The molecule has 0 radical (unpaired) electrons. The molecule has 2 rings (SSSR count). The van der Waals surface area contributed by atoms with Crippen LogP contribution in [0.3, 0.4) is 0 Å². The number of aromatic amines is 1. The fourth-order valence-electron chi connectivity index (χ4n) is 1.36. The Balaban J connectivity index is 2.66. The molecular formula is C10H9ClN4. The molecule has 0 amide bonds. The van der Waals surface area contributed by atoms with E-state index in [9.17, 15) is 0 Å². The molecule has 0 aliphatic heterocycles. The average molecular weight is 221 g/mol. The number of amidine groups is 1. The Kier molecular flexibility index (Phi) is 2.43. The van der Waals surface area contributed by atoms with Gasteiger partial charge in [-0.05, 0) is 6.07 Å². The number of nitrogens with zero attached hydrogens (tertiary/aromatic N) is 2. The lowest BCUT2D eigenvalue weighted by Crippen LogP contribution is -2.11. The SMILES string of the molecule is C=CN=C(N)c1c[nH]c2ncc(Cl)cc12. The van der Waals surface area contributed by atoms with Gasteiger partial charge in [-0.1, -0.05) is 18.2 Å². The highest BCUT2D eigenvalue weighted by atomic mass is 35.5. The lowest BCUT2D eigenvalue weighted by Gasteiger charge is -1.96. The van der Waals surface area contributed by atoms with E-state index in [-0.39, 0.29) is 0 Å². The van der Waals surface area contributed by atoms with E-state index < -0.39 is 0 Å². The highest BCUT2D eigenvalue weighted by molar-refractivity contribution is 6.31. The molecule has 2 heterocycles. The summed E-state index contributed by atoms with van der Waals surface area (Å²) >= 11 is 5.85. The third-order valence-electron chi connectivity index (χ3n) is 2.00. The Hall–Kier alpha value is -1.81. The van der Waals surface area contributed by atoms with E-state index >= 15 is 0 Å². The Morgan fingerprint density at radius 1 is 1.67 bits per heavy atom. The smallest absolute Gasteiger partial charge is 0.138 e. The minimum atomic E-state index is 0.389. The van der Waals surface area contributed by atoms with E-state index in [0.717, 1.165) is 16.6 Å². The van der Waals surface area contributed by atoms with E-state index in [1.54, 1.807) is 18.5 Å². The summed E-state index contributed by atoms with van der Waals surface area (Å²) in [6.07, 6.45) is 4.72. The first-order valence-electron chi connectivity index (χ1n) is 4.29. The quantitative estimate of drug-likeness (QED) is 0.601. The maximum Gasteiger partial charge on any atom is 0.138 e. The van der Waals surface area contributed by atoms with Gasteiger partial charge in [-0.15, -0.1) is 0 Å². The van der Waals surface area contributed by atoms with Crippen LogP contribution in [0.1, 0.15) is 5.56 Å². The first kappa shape index (κ1) is 9.73. The van der Waals surface area contributed by atoms with Crippen molar-refractivity contribution in [3.8, 4) is 0 Å². The molecule has 0 aliphatic carbocycles. The molecule has 0 aliphatic rings. The number of H-pyrrole nitrogens is 1. The average Bonchev–Trinajstić information content (AvgIpc) is 2.60. The Bertz CT molecular complexity index is 541. The lowest BCUT2D eigenvalue weighted by atomic mass is 10.2. The fourth-order valence-corrected chi connectivity index (χ4v) is 1.52. The molecule has 76 valence electrons. The van der Waals surface area contributed by atoms with E-state index in [2.05, 4.69) is 21.5 Å². The summed E-state index contributed by atoms with van der Waals surface area (Å²) in [6, 6.07) is 1.79. The number of nitrogens with one attached hydrogen (secondary N) is 1. The van der Waals surface area contributed by atoms with Crippen molar-refractivity contribution >= 4 is 28.5 Å². The van der Waals surface area contributed by atoms with Gasteiger partial charge in [0.2, 0.25) is 0 Å². The molecule has 0 saturated carbocycles. The topological polar surface area (TPSA) is 67.1 Å². The zero-order chi connectivity index (χ0) is 10.8. The van der Waals surface area contributed by atoms with Gasteiger partial charge in [-0.25, -0.2) is 9.98 Å². The van der Waals surface area contributed by atoms with Gasteiger partial charge >= 0.3 is 0 Å². The van der Waals surface area contributed by atoms with Crippen molar-refractivity contribution in [1.29, 1.82) is 0 Å². The number of halogens is 1. The summed E-state index contributed by atoms with van der Waals surface area (Å²) in [4.78, 5) is 11.0. The fraction of sp³-hybridized carbons (Fsp3) is 0. The van der Waals surface area contributed by atoms with Crippen molar-refractivity contribution in [2.45, 2.75) is 0 Å². The maximum absolute atomic E-state index is 5.85. The predicted molar refractivity (Wildman–Crippen MR) is 62.0 cm³/mol. The van der Waals surface area contributed by atoms with Crippen LogP contribution >= 0.6 is 11.6 Å². The molecule has 0 spiro atoms. The summed E-state index contributed by atoms with van der Waals surface area (Å²) in [5, 5.41) is 1.42. The summed E-state index contributed by atoms with van der Waals surface area (Å²) in [6.45, 7) is 3.49. The predicted octanol–water partition coefficient (Wildman–Crippen LogP) is 2.07. The second-order valence-corrected chi connectivity index (χ2v) is 3.39. The molecule has 0 unspecified atom stereocenters. The van der Waals surface area contributed by atoms with Crippen LogP contribution in [0.15, 0.2) is 36.2 Å². The molecule has 2 aromatic heterocycles. The number of hydrogen-bond acceptors (Lipinski definition) is 2. The number of pyridine rings is 1. The van der Waals surface area contributed by atoms with Crippen molar-refractivity contribution in [1.82, 2.24) is 9.97 Å². The van der Waals surface area contributed by atoms with Crippen LogP contribution in [-0.4, -0.2) is 15.8 Å². The molecule has 5 heteroatoms. The first-order valence-corrected chi connectivity index (χ1v) is 4.67. The number of aromatic nitrogens is 2. The Morgan fingerprint density at radius 2 is 2.47 bits per heavy atom. The van der Waals surface area contributed by atoms with Crippen LogP contribution in [0, 0.1) is 0 Å². The lowest BCUT2D eigenvalue weighted by molar-refractivity contribution is 1.32. The molecule has 3 N–H and O–H groups in total. The molecule has 4 nitrogen and oxygen atoms in total. The highest BCUT2D eigenvalue weighted by Crippen LogP contribution is 2.19. The van der Waals surface area contributed by atoms with Crippen molar-refractivity contribution in [2.24, 2.45) is 10.7 Å². The normalized spacial score (nSPS) is 11.9. The van der Waals surface area contributed by atoms with E-state index in [1.807, 2.05) is 0 Å². The maximum atomic E-state index is 5.85. The third kappa shape index (κ3) is 1.71. The summed E-state index contributed by atoms with van der Waals surface area (Å²) < 4.78 is 0. The van der Waals surface area contributed by atoms with Crippen LogP contribution in [0.25, 0.3) is 11.0 Å². The number of rotatable bonds is 2. The van der Waals surface area contributed by atoms with Gasteiger partial charge in [0.1, 0.15) is 11.5 Å². The number of hydrogen-bond donors (Lipinski definition) is 2. The van der Waals surface area contributed by atoms with Gasteiger partial charge in [0.15, 0.2) is 0 Å². The molecule has 2 aromatic rings. The van der Waals surface area contributed by atoms with Crippen LogP contribution < -0.4 is 5.73 Å². The zero-order valence-corrected chi connectivity index (χ0v) is 8.62. The third-order valence-corrected chi connectivity index (χ3v) is 2.21. The second-order valence-electron chi connectivity index (χ2n) is 2.95. The van der Waals surface area contributed by atoms with Gasteiger partial charge in [-0.3, -0.25) is 0 Å². The summed E-state index contributed by atoms with van der Waals surface area (Å²) in [5.41, 5.74) is 7.26. The molecule has 0 saturated heterocycles. The molecule has 0 bridgehead atoms. The summed E-state index contributed by atoms with van der Waals surface area (Å²) in [5.74, 6) is 0.389. The largest absolute Gasteiger partial charge is 0.383 e. The van der Waals surface area contributed by atoms with Gasteiger partial charge in [-0.2, -0.15) is 0 Å². The van der Waals surface area contributed by atoms with Crippen molar-refractivity contribution in [3.05, 3.63) is 41.8 Å². The van der Waals surface area contributed by atoms with Crippen molar-refractivity contribution in [3.63, 3.8) is 0 Å². The van der Waals surface area contributed by atoms with Crippen LogP contribution in [0.2, 0.25) is 5.02 Å². The summed E-state index contributed by atoms with van der Waals surface area (Å²) in [7, 11) is 0. The van der Waals surface area contributed by atoms with Crippen LogP contribution in [0.5, 0.6) is 0 Å². The Morgan fingerprint density at radius 3 is 3.20 bits per heavy atom. The number of fused-ring (bicyclic) bond motifs is 1. The number of aliphatic imine (C=N–C) groups is 1. The van der Waals surface area contributed by atoms with E-state index in [0.29, 0.717) is 10.9 Å². The van der Waals surface area contributed by atoms with Gasteiger partial charge in [0.05, 0.1) is 5.02 Å². The van der Waals surface area contributed by atoms with Crippen molar-refractivity contribution in [2.75, 3.05) is 0 Å². The van der Waals surface area contributed by atoms with Gasteiger partial charge in [0, 0.05) is 29.5 Å². The molecular weight excluding hydrogens is 212 g/mol. The molecule has 0 atom stereocenters. The number of nitrogens with two attached hydrogens (primary N) is 1. The van der Waals surface area contributed by atoms with Crippen LogP contribution in [-0.2, 0) is 0 Å². The zero-order valence-electron chi connectivity index (χ0n) is 7.87. The molecule has 15 heavy (non-hydrogen) atoms. The van der Waals surface area contributed by atoms with Gasteiger partial charge in [0.25, 0.3) is 0 Å². The van der Waals surface area contributed by atoms with Crippen molar-refractivity contribution < 1.29 is 0 Å². The van der Waals surface area contributed by atoms with Gasteiger partial charge < -0.3 is 10.7 Å². The van der Waals surface area contributed by atoms with E-state index in [1.165, 1.54) is 6.20 Å². The first-order chi connectivity index (χ1) is 7.22. The minimum Gasteiger partial charge on any atom is -0.383 e. The standard InChI is InChI=1S/C10H9ClN4/c1-2-13-9(12)8-5-15-10-7(8)3-6(11)4-14-10/h2-5H,1H2,(H2,12,13)(H,14,15). The second kappa shape index (κ2) is 3.74. The molecule has 0 aromatic carbocycles. The Labute approximate surface area is 91.5 Å². The highest BCUT2D eigenvalue weighted by Gasteiger charge is 2.07.